The van der Waals surface area contributed by atoms with Crippen LogP contribution in [0.1, 0.15) is 142 Å². The Morgan fingerprint density at radius 2 is 0.808 bits per heavy atom. The van der Waals surface area contributed by atoms with Gasteiger partial charge >= 0.3 is 0 Å². The van der Waals surface area contributed by atoms with E-state index in [-0.39, 0.29) is 0 Å². The van der Waals surface area contributed by atoms with Gasteiger partial charge in [0, 0.05) is 6.54 Å². The van der Waals surface area contributed by atoms with Gasteiger partial charge in [-0.2, -0.15) is 0 Å². The molecule has 0 radical (unpaired) electrons. The highest BCUT2D eigenvalue weighted by Gasteiger charge is 1.95. The fraction of sp³-hybridized carbons (Fsp3) is 0.920. The molecular formula is C25H51N. The molecule has 0 unspecified atom stereocenters. The van der Waals surface area contributed by atoms with E-state index in [9.17, 15) is 0 Å². The van der Waals surface area contributed by atoms with Crippen LogP contribution in [0, 0.1) is 0 Å². The highest BCUT2D eigenvalue weighted by atomic mass is 14.8. The number of hydrogen-bond donors (Lipinski definition) is 1. The third-order valence-electron chi connectivity index (χ3n) is 5.41. The molecule has 0 rings (SSSR count). The van der Waals surface area contributed by atoms with E-state index in [0.29, 0.717) is 0 Å². The zero-order chi connectivity index (χ0) is 19.0. The van der Waals surface area contributed by atoms with Crippen molar-refractivity contribution in [1.29, 1.82) is 0 Å². The first-order valence-corrected chi connectivity index (χ1v) is 12.3. The van der Waals surface area contributed by atoms with E-state index >= 15 is 0 Å². The van der Waals surface area contributed by atoms with Crippen LogP contribution in [0.15, 0.2) is 12.3 Å². The number of allylic oxidation sites excluding steroid dienone is 1. The lowest BCUT2D eigenvalue weighted by atomic mass is 10.0. The molecule has 0 heterocycles. The fourth-order valence-electron chi connectivity index (χ4n) is 3.63. The topological polar surface area (TPSA) is 12.0 Å². The summed E-state index contributed by atoms with van der Waals surface area (Å²) >= 11 is 0. The molecule has 0 aromatic heterocycles. The molecule has 0 aliphatic heterocycles. The molecule has 1 heteroatoms. The SMILES string of the molecule is CCCCCCCCCCCCCCCCCCCCCC=CNCC. The molecule has 0 aromatic carbocycles. The first-order chi connectivity index (χ1) is 12.9. The van der Waals surface area contributed by atoms with Gasteiger partial charge in [-0.15, -0.1) is 0 Å². The molecule has 0 amide bonds. The molecule has 0 saturated carbocycles. The Labute approximate surface area is 166 Å². The molecule has 0 saturated heterocycles. The average molecular weight is 366 g/mol. The monoisotopic (exact) mass is 365 g/mol. The lowest BCUT2D eigenvalue weighted by Gasteiger charge is -2.03. The second-order valence-corrected chi connectivity index (χ2v) is 8.11. The van der Waals surface area contributed by atoms with E-state index in [2.05, 4.69) is 31.4 Å². The summed E-state index contributed by atoms with van der Waals surface area (Å²) in [6.07, 6.45) is 33.3. The van der Waals surface area contributed by atoms with Crippen LogP contribution in [0.2, 0.25) is 0 Å². The van der Waals surface area contributed by atoms with Crippen molar-refractivity contribution in [3.05, 3.63) is 12.3 Å². The van der Waals surface area contributed by atoms with Crippen molar-refractivity contribution in [3.63, 3.8) is 0 Å². The second kappa shape index (κ2) is 24.5. The van der Waals surface area contributed by atoms with Gasteiger partial charge in [0.05, 0.1) is 0 Å². The van der Waals surface area contributed by atoms with E-state index in [4.69, 9.17) is 0 Å². The molecule has 0 aliphatic rings. The lowest BCUT2D eigenvalue weighted by Crippen LogP contribution is -2.01. The Balaban J connectivity index is 2.99. The van der Waals surface area contributed by atoms with Crippen molar-refractivity contribution in [3.8, 4) is 0 Å². The molecule has 0 aromatic rings. The largest absolute Gasteiger partial charge is 0.391 e. The molecule has 156 valence electrons. The van der Waals surface area contributed by atoms with Crippen LogP contribution in [-0.4, -0.2) is 6.54 Å². The van der Waals surface area contributed by atoms with E-state index in [1.165, 1.54) is 128 Å². The quantitative estimate of drug-likeness (QED) is 0.189. The normalized spacial score (nSPS) is 11.5. The van der Waals surface area contributed by atoms with Crippen LogP contribution in [0.25, 0.3) is 0 Å². The molecule has 1 N–H and O–H groups in total. The Hall–Kier alpha value is -0.460. The number of unbranched alkanes of at least 4 members (excludes halogenated alkanes) is 19. The van der Waals surface area contributed by atoms with Gasteiger partial charge < -0.3 is 5.32 Å². The number of nitrogens with one attached hydrogen (secondary N) is 1. The van der Waals surface area contributed by atoms with Gasteiger partial charge in [0.1, 0.15) is 0 Å². The predicted molar refractivity (Wildman–Crippen MR) is 121 cm³/mol. The van der Waals surface area contributed by atoms with E-state index in [0.717, 1.165) is 6.54 Å². The molecule has 0 spiro atoms. The van der Waals surface area contributed by atoms with Crippen molar-refractivity contribution >= 4 is 0 Å². The average Bonchev–Trinajstić information content (AvgIpc) is 2.66. The fourth-order valence-corrected chi connectivity index (χ4v) is 3.63. The van der Waals surface area contributed by atoms with Gasteiger partial charge in [-0.25, -0.2) is 0 Å². The molecule has 0 fully saturated rings. The van der Waals surface area contributed by atoms with Gasteiger partial charge in [0.2, 0.25) is 0 Å². The molecule has 0 bridgehead atoms. The summed E-state index contributed by atoms with van der Waals surface area (Å²) in [6.45, 7) is 5.48. The summed E-state index contributed by atoms with van der Waals surface area (Å²) in [7, 11) is 0. The van der Waals surface area contributed by atoms with Crippen LogP contribution < -0.4 is 5.32 Å². The zero-order valence-corrected chi connectivity index (χ0v) is 18.5. The zero-order valence-electron chi connectivity index (χ0n) is 18.5. The van der Waals surface area contributed by atoms with Crippen LogP contribution >= 0.6 is 0 Å². The van der Waals surface area contributed by atoms with E-state index < -0.39 is 0 Å². The van der Waals surface area contributed by atoms with Crippen LogP contribution in [-0.2, 0) is 0 Å². The first kappa shape index (κ1) is 25.5. The summed E-state index contributed by atoms with van der Waals surface area (Å²) in [4.78, 5) is 0. The summed E-state index contributed by atoms with van der Waals surface area (Å²) in [6, 6.07) is 0. The maximum atomic E-state index is 3.23. The summed E-state index contributed by atoms with van der Waals surface area (Å²) in [5.41, 5.74) is 0. The Morgan fingerprint density at radius 3 is 1.15 bits per heavy atom. The minimum atomic E-state index is 1.04. The summed E-state index contributed by atoms with van der Waals surface area (Å²) in [5.74, 6) is 0. The molecule has 1 nitrogen and oxygen atoms in total. The van der Waals surface area contributed by atoms with Crippen molar-refractivity contribution in [2.24, 2.45) is 0 Å². The standard InChI is InChI=1S/C25H51N/c1-3-5-6-7-8-9-10-11-12-13-14-15-16-17-18-19-20-21-22-23-24-25-26-4-2/h24-26H,3-23H2,1-2H3. The van der Waals surface area contributed by atoms with Gasteiger partial charge in [-0.05, 0) is 26.0 Å². The number of hydrogen-bond acceptors (Lipinski definition) is 1. The Kier molecular flexibility index (Phi) is 24.1. The van der Waals surface area contributed by atoms with Gasteiger partial charge in [0.25, 0.3) is 0 Å². The molecule has 0 atom stereocenters. The maximum Gasteiger partial charge on any atom is 0.0112 e. The summed E-state index contributed by atoms with van der Waals surface area (Å²) < 4.78 is 0. The minimum Gasteiger partial charge on any atom is -0.391 e. The van der Waals surface area contributed by atoms with Crippen LogP contribution in [0.5, 0.6) is 0 Å². The smallest absolute Gasteiger partial charge is 0.0112 e. The minimum absolute atomic E-state index is 1.04. The third-order valence-corrected chi connectivity index (χ3v) is 5.41. The lowest BCUT2D eigenvalue weighted by molar-refractivity contribution is 0.523. The van der Waals surface area contributed by atoms with Crippen LogP contribution in [0.4, 0.5) is 0 Å². The third kappa shape index (κ3) is 23.5. The second-order valence-electron chi connectivity index (χ2n) is 8.11. The van der Waals surface area contributed by atoms with Crippen molar-refractivity contribution in [1.82, 2.24) is 5.32 Å². The van der Waals surface area contributed by atoms with Gasteiger partial charge in [0.15, 0.2) is 0 Å². The molecule has 0 aliphatic carbocycles. The van der Waals surface area contributed by atoms with Crippen molar-refractivity contribution in [2.45, 2.75) is 142 Å². The van der Waals surface area contributed by atoms with Gasteiger partial charge in [-0.3, -0.25) is 0 Å². The van der Waals surface area contributed by atoms with Crippen molar-refractivity contribution < 1.29 is 0 Å². The summed E-state index contributed by atoms with van der Waals surface area (Å²) in [5, 5.41) is 3.23. The Morgan fingerprint density at radius 1 is 0.462 bits per heavy atom. The molecule has 26 heavy (non-hydrogen) atoms. The van der Waals surface area contributed by atoms with Crippen molar-refractivity contribution in [2.75, 3.05) is 6.54 Å². The van der Waals surface area contributed by atoms with E-state index in [1.54, 1.807) is 0 Å². The predicted octanol–water partition coefficient (Wildman–Crippen LogP) is 8.93. The van der Waals surface area contributed by atoms with Crippen LogP contribution in [0.3, 0.4) is 0 Å². The highest BCUT2D eigenvalue weighted by molar-refractivity contribution is 4.78. The highest BCUT2D eigenvalue weighted by Crippen LogP contribution is 2.14. The molecular weight excluding hydrogens is 314 g/mol. The number of rotatable bonds is 22. The Bertz CT molecular complexity index is 259. The van der Waals surface area contributed by atoms with Gasteiger partial charge in [-0.1, -0.05) is 129 Å². The van der Waals surface area contributed by atoms with E-state index in [1.807, 2.05) is 0 Å². The maximum absolute atomic E-state index is 3.23. The first-order valence-electron chi connectivity index (χ1n) is 12.3.